The van der Waals surface area contributed by atoms with E-state index in [4.69, 9.17) is 9.47 Å². The molecule has 4 rings (SSSR count). The molecule has 0 aliphatic carbocycles. The normalized spacial score (nSPS) is 16.3. The molecule has 0 atom stereocenters. The number of carbonyl (C=O) groups is 2. The van der Waals surface area contributed by atoms with Crippen molar-refractivity contribution in [3.8, 4) is 11.5 Å². The molecule has 0 N–H and O–H groups in total. The molecule has 8 heteroatoms. The lowest BCUT2D eigenvalue weighted by Crippen LogP contribution is -2.50. The van der Waals surface area contributed by atoms with Gasteiger partial charge in [-0.15, -0.1) is 0 Å². The van der Waals surface area contributed by atoms with Gasteiger partial charge in [0.15, 0.2) is 11.5 Å². The van der Waals surface area contributed by atoms with Crippen LogP contribution in [0.5, 0.6) is 11.5 Å². The Bertz CT molecular complexity index is 819. The SMILES string of the molecule is O=C(c1ccc2c(c1)OCCO2)N1CCN(C(=O)c2cnccn2)CC1. The van der Waals surface area contributed by atoms with E-state index < -0.39 is 0 Å². The topological polar surface area (TPSA) is 84.9 Å². The zero-order valence-electron chi connectivity index (χ0n) is 14.1. The minimum Gasteiger partial charge on any atom is -0.486 e. The fourth-order valence-corrected chi connectivity index (χ4v) is 3.04. The first kappa shape index (κ1) is 16.3. The monoisotopic (exact) mass is 354 g/mol. The predicted octanol–water partition coefficient (Wildman–Crippen LogP) is 0.846. The summed E-state index contributed by atoms with van der Waals surface area (Å²) in [5.74, 6) is 1.02. The molecule has 1 saturated heterocycles. The fourth-order valence-electron chi connectivity index (χ4n) is 3.04. The second-order valence-electron chi connectivity index (χ2n) is 6.03. The molecule has 0 saturated carbocycles. The highest BCUT2D eigenvalue weighted by Crippen LogP contribution is 2.31. The first-order valence-corrected chi connectivity index (χ1v) is 8.46. The Morgan fingerprint density at radius 1 is 0.885 bits per heavy atom. The molecule has 8 nitrogen and oxygen atoms in total. The van der Waals surface area contributed by atoms with Gasteiger partial charge < -0.3 is 19.3 Å². The molecule has 1 aromatic heterocycles. The molecule has 3 heterocycles. The van der Waals surface area contributed by atoms with Crippen molar-refractivity contribution < 1.29 is 19.1 Å². The summed E-state index contributed by atoms with van der Waals surface area (Å²) in [5, 5.41) is 0. The van der Waals surface area contributed by atoms with Crippen LogP contribution in [0.3, 0.4) is 0 Å². The number of amides is 2. The van der Waals surface area contributed by atoms with Crippen LogP contribution in [0.25, 0.3) is 0 Å². The Labute approximate surface area is 150 Å². The van der Waals surface area contributed by atoms with Crippen molar-refractivity contribution in [2.24, 2.45) is 0 Å². The lowest BCUT2D eigenvalue weighted by molar-refractivity contribution is 0.0531. The summed E-state index contributed by atoms with van der Waals surface area (Å²) >= 11 is 0. The van der Waals surface area contributed by atoms with Gasteiger partial charge in [-0.25, -0.2) is 4.98 Å². The lowest BCUT2D eigenvalue weighted by Gasteiger charge is -2.34. The lowest BCUT2D eigenvalue weighted by atomic mass is 10.1. The second-order valence-corrected chi connectivity index (χ2v) is 6.03. The van der Waals surface area contributed by atoms with Gasteiger partial charge in [-0.05, 0) is 18.2 Å². The Kier molecular flexibility index (Phi) is 4.39. The van der Waals surface area contributed by atoms with Crippen molar-refractivity contribution in [2.45, 2.75) is 0 Å². The van der Waals surface area contributed by atoms with E-state index in [0.717, 1.165) is 0 Å². The second kappa shape index (κ2) is 6.99. The van der Waals surface area contributed by atoms with Crippen LogP contribution in [-0.4, -0.2) is 71.0 Å². The molecule has 1 fully saturated rings. The van der Waals surface area contributed by atoms with Crippen LogP contribution < -0.4 is 9.47 Å². The van der Waals surface area contributed by atoms with E-state index in [2.05, 4.69) is 9.97 Å². The fraction of sp³-hybridized carbons (Fsp3) is 0.333. The van der Waals surface area contributed by atoms with E-state index >= 15 is 0 Å². The molecular formula is C18H18N4O4. The molecule has 0 unspecified atom stereocenters. The number of hydrogen-bond donors (Lipinski definition) is 0. The summed E-state index contributed by atoms with van der Waals surface area (Å²) in [4.78, 5) is 36.5. The van der Waals surface area contributed by atoms with E-state index in [1.54, 1.807) is 28.0 Å². The van der Waals surface area contributed by atoms with Crippen molar-refractivity contribution in [1.29, 1.82) is 0 Å². The number of rotatable bonds is 2. The highest BCUT2D eigenvalue weighted by Gasteiger charge is 2.27. The van der Waals surface area contributed by atoms with Gasteiger partial charge >= 0.3 is 0 Å². The van der Waals surface area contributed by atoms with Crippen molar-refractivity contribution in [3.05, 3.63) is 48.0 Å². The summed E-state index contributed by atoms with van der Waals surface area (Å²) in [6.07, 6.45) is 4.48. The Morgan fingerprint density at radius 3 is 2.27 bits per heavy atom. The van der Waals surface area contributed by atoms with Crippen molar-refractivity contribution in [3.63, 3.8) is 0 Å². The van der Waals surface area contributed by atoms with E-state index in [1.807, 2.05) is 0 Å². The molecule has 0 radical (unpaired) electrons. The third-order valence-corrected chi connectivity index (χ3v) is 4.43. The van der Waals surface area contributed by atoms with Crippen LogP contribution in [0.15, 0.2) is 36.8 Å². The molecule has 2 aliphatic rings. The zero-order valence-corrected chi connectivity index (χ0v) is 14.1. The molecule has 134 valence electrons. The third-order valence-electron chi connectivity index (χ3n) is 4.43. The number of nitrogens with zero attached hydrogens (tertiary/aromatic N) is 4. The van der Waals surface area contributed by atoms with Gasteiger partial charge in [-0.3, -0.25) is 14.6 Å². The quantitative estimate of drug-likeness (QED) is 0.795. The number of piperazine rings is 1. The standard InChI is InChI=1S/C18H18N4O4/c23-17(13-1-2-15-16(11-13)26-10-9-25-15)21-5-7-22(8-6-21)18(24)14-12-19-3-4-20-14/h1-4,11-12H,5-10H2. The molecule has 1 aromatic carbocycles. The molecule has 0 spiro atoms. The maximum absolute atomic E-state index is 12.7. The summed E-state index contributed by atoms with van der Waals surface area (Å²) < 4.78 is 11.0. The number of carbonyl (C=O) groups excluding carboxylic acids is 2. The summed E-state index contributed by atoms with van der Waals surface area (Å²) in [5.41, 5.74) is 0.877. The minimum absolute atomic E-state index is 0.0754. The summed E-state index contributed by atoms with van der Waals surface area (Å²) in [6.45, 7) is 2.87. The van der Waals surface area contributed by atoms with Crippen LogP contribution in [0.1, 0.15) is 20.8 Å². The van der Waals surface area contributed by atoms with E-state index in [-0.39, 0.29) is 11.8 Å². The summed E-state index contributed by atoms with van der Waals surface area (Å²) in [7, 11) is 0. The van der Waals surface area contributed by atoms with Crippen LogP contribution >= 0.6 is 0 Å². The van der Waals surface area contributed by atoms with E-state index in [9.17, 15) is 9.59 Å². The first-order chi connectivity index (χ1) is 12.7. The molecule has 2 aliphatic heterocycles. The number of hydrogen-bond acceptors (Lipinski definition) is 6. The molecule has 26 heavy (non-hydrogen) atoms. The molecule has 2 aromatic rings. The first-order valence-electron chi connectivity index (χ1n) is 8.46. The van der Waals surface area contributed by atoms with Crippen LogP contribution in [0.4, 0.5) is 0 Å². The highest BCUT2D eigenvalue weighted by atomic mass is 16.6. The molecular weight excluding hydrogens is 336 g/mol. The van der Waals surface area contributed by atoms with Crippen molar-refractivity contribution in [1.82, 2.24) is 19.8 Å². The van der Waals surface area contributed by atoms with Crippen LogP contribution in [-0.2, 0) is 0 Å². The van der Waals surface area contributed by atoms with Crippen LogP contribution in [0, 0.1) is 0 Å². The van der Waals surface area contributed by atoms with Gasteiger partial charge in [-0.1, -0.05) is 0 Å². The van der Waals surface area contributed by atoms with E-state index in [0.29, 0.717) is 62.1 Å². The smallest absolute Gasteiger partial charge is 0.274 e. The highest BCUT2D eigenvalue weighted by molar-refractivity contribution is 5.95. The Hall–Kier alpha value is -3.16. The van der Waals surface area contributed by atoms with Gasteiger partial charge in [0, 0.05) is 44.1 Å². The van der Waals surface area contributed by atoms with Crippen molar-refractivity contribution in [2.75, 3.05) is 39.4 Å². The Balaban J connectivity index is 1.40. The number of fused-ring (bicyclic) bond motifs is 1. The van der Waals surface area contributed by atoms with Crippen LogP contribution in [0.2, 0.25) is 0 Å². The number of benzene rings is 1. The number of aromatic nitrogens is 2. The Morgan fingerprint density at radius 2 is 1.58 bits per heavy atom. The van der Waals surface area contributed by atoms with Gasteiger partial charge in [-0.2, -0.15) is 0 Å². The number of ether oxygens (including phenoxy) is 2. The zero-order chi connectivity index (χ0) is 17.9. The predicted molar refractivity (Wildman–Crippen MR) is 91.3 cm³/mol. The van der Waals surface area contributed by atoms with Gasteiger partial charge in [0.25, 0.3) is 11.8 Å². The summed E-state index contributed by atoms with van der Waals surface area (Å²) in [6, 6.07) is 5.22. The maximum atomic E-state index is 12.7. The largest absolute Gasteiger partial charge is 0.486 e. The van der Waals surface area contributed by atoms with Crippen molar-refractivity contribution >= 4 is 11.8 Å². The molecule has 2 amide bonds. The maximum Gasteiger partial charge on any atom is 0.274 e. The average molecular weight is 354 g/mol. The minimum atomic E-state index is -0.162. The molecule has 0 bridgehead atoms. The third kappa shape index (κ3) is 3.17. The average Bonchev–Trinajstić information content (AvgIpc) is 2.73. The van der Waals surface area contributed by atoms with E-state index in [1.165, 1.54) is 18.6 Å². The van der Waals surface area contributed by atoms with Gasteiger partial charge in [0.2, 0.25) is 0 Å². The van der Waals surface area contributed by atoms with Gasteiger partial charge in [0.1, 0.15) is 18.9 Å². The van der Waals surface area contributed by atoms with Gasteiger partial charge in [0.05, 0.1) is 6.20 Å².